The molecular weight excluding hydrogens is 330 g/mol. The number of non-ortho nitro benzene ring substituents is 1. The van der Waals surface area contributed by atoms with Crippen molar-refractivity contribution < 1.29 is 9.72 Å². The van der Waals surface area contributed by atoms with Crippen LogP contribution < -0.4 is 0 Å². The van der Waals surface area contributed by atoms with Gasteiger partial charge in [0.15, 0.2) is 0 Å². The number of nitrogens with zero attached hydrogens (tertiary/aromatic N) is 3. The second kappa shape index (κ2) is 7.66. The predicted molar refractivity (Wildman–Crippen MR) is 99.9 cm³/mol. The van der Waals surface area contributed by atoms with Gasteiger partial charge in [0.05, 0.1) is 4.92 Å². The van der Waals surface area contributed by atoms with Gasteiger partial charge in [-0.2, -0.15) is 0 Å². The molecule has 0 radical (unpaired) electrons. The molecule has 0 bridgehead atoms. The number of hydrogen-bond donors (Lipinski definition) is 0. The van der Waals surface area contributed by atoms with E-state index < -0.39 is 4.92 Å². The molecule has 0 saturated carbocycles. The molecule has 2 aromatic carbocycles. The molecule has 6 heteroatoms. The summed E-state index contributed by atoms with van der Waals surface area (Å²) in [4.78, 5) is 27.5. The monoisotopic (exact) mass is 353 g/mol. The molecule has 2 aromatic rings. The molecule has 6 nitrogen and oxygen atoms in total. The van der Waals surface area contributed by atoms with Gasteiger partial charge >= 0.3 is 0 Å². The van der Waals surface area contributed by atoms with Gasteiger partial charge in [0.2, 0.25) is 0 Å². The molecule has 1 aliphatic heterocycles. The number of piperazine rings is 1. The highest BCUT2D eigenvalue weighted by Gasteiger charge is 2.33. The molecule has 0 spiro atoms. The number of rotatable bonds is 4. The highest BCUT2D eigenvalue weighted by atomic mass is 16.6. The second-order valence-electron chi connectivity index (χ2n) is 6.89. The Hall–Kier alpha value is -2.73. The Morgan fingerprint density at radius 2 is 1.62 bits per heavy atom. The zero-order chi connectivity index (χ0) is 18.7. The van der Waals surface area contributed by atoms with Gasteiger partial charge in [-0.15, -0.1) is 0 Å². The third kappa shape index (κ3) is 3.91. The van der Waals surface area contributed by atoms with Crippen molar-refractivity contribution >= 4 is 11.6 Å². The summed E-state index contributed by atoms with van der Waals surface area (Å²) in [6.07, 6.45) is 0. The summed E-state index contributed by atoms with van der Waals surface area (Å²) < 4.78 is 0. The first-order valence-electron chi connectivity index (χ1n) is 8.79. The Kier molecular flexibility index (Phi) is 5.32. The molecule has 0 aliphatic carbocycles. The fourth-order valence-corrected chi connectivity index (χ4v) is 3.68. The van der Waals surface area contributed by atoms with E-state index in [1.165, 1.54) is 29.8 Å². The zero-order valence-electron chi connectivity index (χ0n) is 15.0. The zero-order valence-corrected chi connectivity index (χ0v) is 15.0. The lowest BCUT2D eigenvalue weighted by molar-refractivity contribution is -0.384. The highest BCUT2D eigenvalue weighted by molar-refractivity contribution is 5.95. The molecule has 0 N–H and O–H groups in total. The second-order valence-corrected chi connectivity index (χ2v) is 6.89. The Balaban J connectivity index is 1.69. The number of nitro benzene ring substituents is 1. The van der Waals surface area contributed by atoms with Crippen molar-refractivity contribution in [2.75, 3.05) is 13.1 Å². The van der Waals surface area contributed by atoms with Crippen LogP contribution in [0, 0.1) is 10.1 Å². The molecule has 1 saturated heterocycles. The normalized spacial score (nSPS) is 20.8. The number of amides is 1. The van der Waals surface area contributed by atoms with Crippen LogP contribution in [0.25, 0.3) is 0 Å². The van der Waals surface area contributed by atoms with Gasteiger partial charge in [-0.1, -0.05) is 30.3 Å². The third-order valence-corrected chi connectivity index (χ3v) is 4.80. The Morgan fingerprint density at radius 1 is 1.04 bits per heavy atom. The minimum Gasteiger partial charge on any atom is -0.331 e. The number of carbonyl (C=O) groups is 1. The van der Waals surface area contributed by atoms with Crippen LogP contribution in [-0.4, -0.2) is 45.8 Å². The van der Waals surface area contributed by atoms with E-state index in [1.807, 2.05) is 23.1 Å². The maximum absolute atomic E-state index is 12.9. The molecular formula is C20H23N3O3. The standard InChI is InChI=1S/C20H23N3O3/c1-15-12-21(14-17-6-4-3-5-7-17)13-16(2)22(15)20(24)18-8-10-19(11-9-18)23(25)26/h3-11,15-16H,12-14H2,1-2H3/t15-,16-/m0/s1. The minimum absolute atomic E-state index is 0.00433. The van der Waals surface area contributed by atoms with Crippen LogP contribution in [0.4, 0.5) is 5.69 Å². The van der Waals surface area contributed by atoms with Gasteiger partial charge in [-0.05, 0) is 31.5 Å². The minimum atomic E-state index is -0.456. The first kappa shape index (κ1) is 18.1. The molecule has 26 heavy (non-hydrogen) atoms. The molecule has 1 fully saturated rings. The van der Waals surface area contributed by atoms with E-state index in [1.54, 1.807) is 0 Å². The van der Waals surface area contributed by atoms with E-state index in [-0.39, 0.29) is 23.7 Å². The summed E-state index contributed by atoms with van der Waals surface area (Å²) in [5, 5.41) is 10.8. The number of nitro groups is 1. The van der Waals surface area contributed by atoms with Crippen molar-refractivity contribution in [1.82, 2.24) is 9.80 Å². The Bertz CT molecular complexity index is 765. The molecule has 1 aliphatic rings. The average Bonchev–Trinajstić information content (AvgIpc) is 2.62. The first-order chi connectivity index (χ1) is 12.5. The van der Waals surface area contributed by atoms with Gasteiger partial charge in [0.1, 0.15) is 0 Å². The molecule has 136 valence electrons. The lowest BCUT2D eigenvalue weighted by Crippen LogP contribution is -2.58. The van der Waals surface area contributed by atoms with Gasteiger partial charge in [0.25, 0.3) is 11.6 Å². The third-order valence-electron chi connectivity index (χ3n) is 4.80. The SMILES string of the molecule is C[C@H]1CN(Cc2ccccc2)C[C@H](C)N1C(=O)c1ccc([N+](=O)[O-])cc1. The summed E-state index contributed by atoms with van der Waals surface area (Å²) in [5.41, 5.74) is 1.75. The number of carbonyl (C=O) groups excluding carboxylic acids is 1. The van der Waals surface area contributed by atoms with Crippen LogP contribution in [0.3, 0.4) is 0 Å². The van der Waals surface area contributed by atoms with Crippen molar-refractivity contribution in [3.8, 4) is 0 Å². The van der Waals surface area contributed by atoms with Gasteiger partial charge in [0, 0.05) is 49.4 Å². The lowest BCUT2D eigenvalue weighted by Gasteiger charge is -2.44. The number of benzene rings is 2. The predicted octanol–water partition coefficient (Wildman–Crippen LogP) is 3.33. The highest BCUT2D eigenvalue weighted by Crippen LogP contribution is 2.22. The Morgan fingerprint density at radius 3 is 2.15 bits per heavy atom. The van der Waals surface area contributed by atoms with Crippen molar-refractivity contribution in [3.63, 3.8) is 0 Å². The first-order valence-corrected chi connectivity index (χ1v) is 8.79. The van der Waals surface area contributed by atoms with Crippen molar-refractivity contribution in [1.29, 1.82) is 0 Å². The summed E-state index contributed by atoms with van der Waals surface area (Å²) >= 11 is 0. The van der Waals surface area contributed by atoms with Crippen molar-refractivity contribution in [3.05, 3.63) is 75.8 Å². The van der Waals surface area contributed by atoms with Crippen LogP contribution in [-0.2, 0) is 6.54 Å². The summed E-state index contributed by atoms with van der Waals surface area (Å²) in [5.74, 6) is -0.0701. The van der Waals surface area contributed by atoms with Crippen molar-refractivity contribution in [2.24, 2.45) is 0 Å². The van der Waals surface area contributed by atoms with E-state index in [0.29, 0.717) is 5.56 Å². The smallest absolute Gasteiger partial charge is 0.269 e. The quantitative estimate of drug-likeness (QED) is 0.625. The van der Waals surface area contributed by atoms with Crippen LogP contribution in [0.1, 0.15) is 29.8 Å². The maximum Gasteiger partial charge on any atom is 0.269 e. The maximum atomic E-state index is 12.9. The molecule has 1 heterocycles. The molecule has 0 unspecified atom stereocenters. The summed E-state index contributed by atoms with van der Waals surface area (Å²) in [6.45, 7) is 6.58. The molecule has 2 atom stereocenters. The molecule has 3 rings (SSSR count). The van der Waals surface area contributed by atoms with Crippen LogP contribution in [0.15, 0.2) is 54.6 Å². The lowest BCUT2D eigenvalue weighted by atomic mass is 10.0. The average molecular weight is 353 g/mol. The van der Waals surface area contributed by atoms with Gasteiger partial charge < -0.3 is 4.90 Å². The van der Waals surface area contributed by atoms with E-state index >= 15 is 0 Å². The van der Waals surface area contributed by atoms with Crippen LogP contribution >= 0.6 is 0 Å². The fraction of sp³-hybridized carbons (Fsp3) is 0.350. The summed E-state index contributed by atoms with van der Waals surface area (Å²) in [7, 11) is 0. The van der Waals surface area contributed by atoms with Gasteiger partial charge in [-0.25, -0.2) is 0 Å². The van der Waals surface area contributed by atoms with Crippen LogP contribution in [0.2, 0.25) is 0 Å². The summed E-state index contributed by atoms with van der Waals surface area (Å²) in [6, 6.07) is 16.3. The van der Waals surface area contributed by atoms with E-state index in [4.69, 9.17) is 0 Å². The van der Waals surface area contributed by atoms with Gasteiger partial charge in [-0.3, -0.25) is 19.8 Å². The van der Waals surface area contributed by atoms with E-state index in [0.717, 1.165) is 19.6 Å². The topological polar surface area (TPSA) is 66.7 Å². The molecule has 1 amide bonds. The van der Waals surface area contributed by atoms with Crippen LogP contribution in [0.5, 0.6) is 0 Å². The fourth-order valence-electron chi connectivity index (χ4n) is 3.68. The Labute approximate surface area is 153 Å². The van der Waals surface area contributed by atoms with E-state index in [9.17, 15) is 14.9 Å². The number of hydrogen-bond acceptors (Lipinski definition) is 4. The molecule has 0 aromatic heterocycles. The van der Waals surface area contributed by atoms with Crippen molar-refractivity contribution in [2.45, 2.75) is 32.5 Å². The van der Waals surface area contributed by atoms with E-state index in [2.05, 4.69) is 30.9 Å². The largest absolute Gasteiger partial charge is 0.331 e.